The molecule has 0 aliphatic heterocycles. The third-order valence-corrected chi connectivity index (χ3v) is 9.37. The van der Waals surface area contributed by atoms with E-state index in [2.05, 4.69) is 20.9 Å². The van der Waals surface area contributed by atoms with E-state index in [9.17, 15) is 45.9 Å². The fourth-order valence-corrected chi connectivity index (χ4v) is 6.19. The molecule has 0 fully saturated rings. The van der Waals surface area contributed by atoms with Crippen molar-refractivity contribution in [3.8, 4) is 0 Å². The van der Waals surface area contributed by atoms with Crippen LogP contribution in [0.4, 0.5) is 13.2 Å². The molecule has 4 atom stereocenters. The van der Waals surface area contributed by atoms with Crippen LogP contribution in [0.5, 0.6) is 0 Å². The molecule has 0 saturated heterocycles. The van der Waals surface area contributed by atoms with E-state index in [0.717, 1.165) is 18.3 Å². The van der Waals surface area contributed by atoms with Crippen molar-refractivity contribution in [2.24, 2.45) is 0 Å². The van der Waals surface area contributed by atoms with Gasteiger partial charge in [0, 0.05) is 14.2 Å². The normalized spacial score (nSPS) is 14.8. The second kappa shape index (κ2) is 17.8. The van der Waals surface area contributed by atoms with Crippen molar-refractivity contribution in [2.75, 3.05) is 34.0 Å². The molecule has 1 heterocycles. The molecule has 0 radical (unpaired) electrons. The summed E-state index contributed by atoms with van der Waals surface area (Å²) >= 11 is 1.10. The molecule has 1 aromatic heterocycles. The van der Waals surface area contributed by atoms with Crippen LogP contribution in [0.25, 0.3) is 0 Å². The van der Waals surface area contributed by atoms with E-state index < -0.39 is 87.2 Å². The first-order valence-corrected chi connectivity index (χ1v) is 17.3. The lowest BCUT2D eigenvalue weighted by molar-refractivity contribution is -0.143. The lowest BCUT2D eigenvalue weighted by Gasteiger charge is -2.29. The van der Waals surface area contributed by atoms with E-state index in [4.69, 9.17) is 13.7 Å². The van der Waals surface area contributed by atoms with Gasteiger partial charge >= 0.3 is 6.18 Å². The number of aromatic nitrogens is 1. The fourth-order valence-electron chi connectivity index (χ4n) is 4.52. The van der Waals surface area contributed by atoms with E-state index in [1.807, 2.05) is 0 Å². The highest BCUT2D eigenvalue weighted by atomic mass is 32.2. The molecule has 19 heteroatoms. The molecule has 51 heavy (non-hydrogen) atoms. The SMILES string of the molecule is COC[C@H](NC(=O)c1cnc(C)s1)C(=O)N[C@@H](COC)C(=O)N[C@@H](Cc1ccccc1)C(=O)[C@](C)(O)COS(=O)(=O)c1ccc(C(F)(F)F)cc1. The molecular weight excluding hydrogens is 721 g/mol. The van der Waals surface area contributed by atoms with Crippen molar-refractivity contribution >= 4 is 45.0 Å². The Balaban J connectivity index is 1.79. The number of aryl methyl sites for hydroxylation is 1. The van der Waals surface area contributed by atoms with Gasteiger partial charge in [0.25, 0.3) is 16.0 Å². The quantitative estimate of drug-likeness (QED) is 0.138. The van der Waals surface area contributed by atoms with Crippen LogP contribution in [-0.4, -0.2) is 99.8 Å². The van der Waals surface area contributed by atoms with Gasteiger partial charge in [-0.15, -0.1) is 11.3 Å². The zero-order valence-corrected chi connectivity index (χ0v) is 29.5. The first-order chi connectivity index (χ1) is 23.9. The first kappa shape index (κ1) is 41.2. The summed E-state index contributed by atoms with van der Waals surface area (Å²) in [6.07, 6.45) is -3.57. The van der Waals surface area contributed by atoms with E-state index in [0.29, 0.717) is 34.8 Å². The summed E-state index contributed by atoms with van der Waals surface area (Å²) in [7, 11) is -2.20. The number of benzene rings is 2. The highest BCUT2D eigenvalue weighted by molar-refractivity contribution is 7.86. The molecule has 3 aromatic rings. The number of nitrogens with one attached hydrogen (secondary N) is 3. The summed E-state index contributed by atoms with van der Waals surface area (Å²) in [6.45, 7) is 0.813. The van der Waals surface area contributed by atoms with Gasteiger partial charge in [-0.25, -0.2) is 4.98 Å². The number of amides is 3. The number of thiazole rings is 1. The van der Waals surface area contributed by atoms with Gasteiger partial charge < -0.3 is 30.5 Å². The van der Waals surface area contributed by atoms with E-state index in [1.54, 1.807) is 37.3 Å². The van der Waals surface area contributed by atoms with Crippen LogP contribution in [0.3, 0.4) is 0 Å². The summed E-state index contributed by atoms with van der Waals surface area (Å²) in [6, 6.07) is 6.46. The molecule has 3 amide bonds. The van der Waals surface area contributed by atoms with Crippen LogP contribution >= 0.6 is 11.3 Å². The zero-order valence-electron chi connectivity index (χ0n) is 27.9. The largest absolute Gasteiger partial charge is 0.416 e. The number of ketones is 1. The minimum atomic E-state index is -4.74. The average Bonchev–Trinajstić information content (AvgIpc) is 3.52. The van der Waals surface area contributed by atoms with Gasteiger partial charge in [-0.05, 0) is 50.1 Å². The molecule has 0 aliphatic carbocycles. The van der Waals surface area contributed by atoms with Crippen molar-refractivity contribution < 1.29 is 59.5 Å². The smallest absolute Gasteiger partial charge is 0.382 e. The summed E-state index contributed by atoms with van der Waals surface area (Å²) < 4.78 is 79.3. The minimum absolute atomic E-state index is 0.197. The van der Waals surface area contributed by atoms with E-state index >= 15 is 0 Å². The van der Waals surface area contributed by atoms with Crippen LogP contribution in [0.1, 0.15) is 32.7 Å². The highest BCUT2D eigenvalue weighted by Crippen LogP contribution is 2.30. The number of rotatable bonds is 18. The molecule has 0 aliphatic rings. The monoisotopic (exact) mass is 758 g/mol. The van der Waals surface area contributed by atoms with Gasteiger partial charge in [0.05, 0.1) is 40.9 Å². The molecule has 2 aromatic carbocycles. The second-order valence-electron chi connectivity index (χ2n) is 11.4. The third-order valence-electron chi connectivity index (χ3n) is 7.18. The Morgan fingerprint density at radius 2 is 1.43 bits per heavy atom. The number of hydrogen-bond donors (Lipinski definition) is 4. The maximum Gasteiger partial charge on any atom is 0.416 e. The molecule has 0 bridgehead atoms. The standard InChI is InChI=1S/C32H37F3N4O10S2/c1-19-36-15-26(50-19)30(43)39-25(17-48-4)29(42)38-24(16-47-3)28(41)37-23(14-20-8-6-5-7-9-20)27(40)31(2,44)18-49-51(45,46)22-12-10-21(11-13-22)32(33,34)35/h5-13,15,23-25,44H,14,16-18H2,1-4H3,(H,37,41)(H,38,42)(H,39,43)/t23-,24-,25-,31+/m0/s1. The van der Waals surface area contributed by atoms with Crippen LogP contribution in [0.2, 0.25) is 0 Å². The molecular formula is C32H37F3N4O10S2. The lowest BCUT2D eigenvalue weighted by Crippen LogP contribution is -2.60. The number of aliphatic hydroxyl groups is 1. The van der Waals surface area contributed by atoms with Gasteiger partial charge in [0.1, 0.15) is 29.2 Å². The molecule has 278 valence electrons. The topological polar surface area (TPSA) is 199 Å². The summed E-state index contributed by atoms with van der Waals surface area (Å²) in [5, 5.41) is 19.2. The fraction of sp³-hybridized carbons (Fsp3) is 0.406. The number of carbonyl (C=O) groups is 4. The van der Waals surface area contributed by atoms with E-state index in [1.165, 1.54) is 20.4 Å². The third kappa shape index (κ3) is 11.9. The predicted octanol–water partition coefficient (Wildman–Crippen LogP) is 1.80. The Kier molecular flexibility index (Phi) is 14.3. The number of ether oxygens (including phenoxy) is 2. The van der Waals surface area contributed by atoms with Crippen LogP contribution < -0.4 is 16.0 Å². The van der Waals surface area contributed by atoms with E-state index in [-0.39, 0.29) is 17.9 Å². The van der Waals surface area contributed by atoms with Crippen LogP contribution in [-0.2, 0) is 50.8 Å². The summed E-state index contributed by atoms with van der Waals surface area (Å²) in [4.78, 5) is 56.8. The van der Waals surface area contributed by atoms with Gasteiger partial charge in [-0.3, -0.25) is 23.4 Å². The Morgan fingerprint density at radius 1 is 0.882 bits per heavy atom. The molecule has 4 N–H and O–H groups in total. The maximum absolute atomic E-state index is 13.7. The minimum Gasteiger partial charge on any atom is -0.382 e. The second-order valence-corrected chi connectivity index (χ2v) is 14.2. The van der Waals surface area contributed by atoms with Crippen molar-refractivity contribution in [1.82, 2.24) is 20.9 Å². The molecule has 3 rings (SSSR count). The average molecular weight is 759 g/mol. The number of methoxy groups -OCH3 is 2. The number of alkyl halides is 3. The molecule has 0 spiro atoms. The van der Waals surface area contributed by atoms with Crippen molar-refractivity contribution in [1.29, 1.82) is 0 Å². The van der Waals surface area contributed by atoms with Crippen molar-refractivity contribution in [2.45, 2.75) is 55.1 Å². The van der Waals surface area contributed by atoms with Gasteiger partial charge in [0.2, 0.25) is 11.8 Å². The number of hydrogen-bond acceptors (Lipinski definition) is 12. The zero-order chi connectivity index (χ0) is 38.0. The Morgan fingerprint density at radius 3 is 1.94 bits per heavy atom. The molecule has 14 nitrogen and oxygen atoms in total. The van der Waals surface area contributed by atoms with Crippen LogP contribution in [0, 0.1) is 6.92 Å². The summed E-state index contributed by atoms with van der Waals surface area (Å²) in [5.41, 5.74) is -3.14. The first-order valence-electron chi connectivity index (χ1n) is 15.1. The van der Waals surface area contributed by atoms with Gasteiger partial charge in [0.15, 0.2) is 5.78 Å². The predicted molar refractivity (Wildman–Crippen MR) is 176 cm³/mol. The molecule has 0 saturated carbocycles. The number of Topliss-reactive ketones (excluding diaryl/α,β-unsaturated/α-hetero) is 1. The van der Waals surface area contributed by atoms with Crippen molar-refractivity contribution in [3.63, 3.8) is 0 Å². The van der Waals surface area contributed by atoms with Gasteiger partial charge in [-0.1, -0.05) is 30.3 Å². The van der Waals surface area contributed by atoms with Crippen LogP contribution in [0.15, 0.2) is 65.7 Å². The molecule has 0 unspecified atom stereocenters. The maximum atomic E-state index is 13.7. The number of nitrogens with zero attached hydrogens (tertiary/aromatic N) is 1. The summed E-state index contributed by atoms with van der Waals surface area (Å²) in [5.74, 6) is -3.46. The highest BCUT2D eigenvalue weighted by Gasteiger charge is 2.40. The van der Waals surface area contributed by atoms with Gasteiger partial charge in [-0.2, -0.15) is 21.6 Å². The lowest BCUT2D eigenvalue weighted by atomic mass is 9.91. The Bertz CT molecular complexity index is 1770. The Labute approximate surface area is 295 Å². The Hall–Kier alpha value is -4.27. The number of halogens is 3. The van der Waals surface area contributed by atoms with Crippen molar-refractivity contribution in [3.05, 3.63) is 81.8 Å². The number of carbonyl (C=O) groups excluding carboxylic acids is 4.